The summed E-state index contributed by atoms with van der Waals surface area (Å²) < 4.78 is 17.9. The molecule has 29 heavy (non-hydrogen) atoms. The van der Waals surface area contributed by atoms with E-state index >= 15 is 0 Å². The number of benzene rings is 2. The van der Waals surface area contributed by atoms with E-state index in [1.54, 1.807) is 6.92 Å². The molecular formula is C23H25NO4S. The highest BCUT2D eigenvalue weighted by Gasteiger charge is 2.72. The molecule has 2 aromatic rings. The highest BCUT2D eigenvalue weighted by molar-refractivity contribution is 7.87. The Morgan fingerprint density at radius 1 is 1.14 bits per heavy atom. The molecule has 1 aliphatic carbocycles. The number of carbonyl (C=O) groups excluding carboxylic acids is 2. The minimum absolute atomic E-state index is 0.0598. The quantitative estimate of drug-likeness (QED) is 0.783. The van der Waals surface area contributed by atoms with Gasteiger partial charge in [0.1, 0.15) is 10.3 Å². The third-order valence-electron chi connectivity index (χ3n) is 6.47. The fraction of sp³-hybridized carbons (Fsp3) is 0.391. The largest absolute Gasteiger partial charge is 0.468 e. The second kappa shape index (κ2) is 7.18. The van der Waals surface area contributed by atoms with Crippen LogP contribution in [0.4, 0.5) is 0 Å². The second-order valence-electron chi connectivity index (χ2n) is 8.07. The topological polar surface area (TPSA) is 72.5 Å². The Morgan fingerprint density at radius 3 is 2.41 bits per heavy atom. The maximum atomic E-state index is 14.1. The summed E-state index contributed by atoms with van der Waals surface area (Å²) in [5, 5.41) is 3.38. The van der Waals surface area contributed by atoms with E-state index in [2.05, 4.69) is 5.32 Å². The van der Waals surface area contributed by atoms with E-state index < -0.39 is 39.0 Å². The van der Waals surface area contributed by atoms with Gasteiger partial charge in [-0.05, 0) is 38.0 Å². The maximum absolute atomic E-state index is 14.1. The van der Waals surface area contributed by atoms with Gasteiger partial charge in [-0.25, -0.2) is 0 Å². The molecule has 2 aliphatic rings. The summed E-state index contributed by atoms with van der Waals surface area (Å²) in [5.74, 6) is -0.918. The first kappa shape index (κ1) is 20.0. The van der Waals surface area contributed by atoms with Crippen molar-refractivity contribution in [2.75, 3.05) is 7.11 Å². The van der Waals surface area contributed by atoms with Gasteiger partial charge < -0.3 is 4.74 Å². The maximum Gasteiger partial charge on any atom is 0.326 e. The van der Waals surface area contributed by atoms with Crippen molar-refractivity contribution < 1.29 is 18.5 Å². The molecule has 2 fully saturated rings. The number of methoxy groups -OCH3 is 1. The van der Waals surface area contributed by atoms with Gasteiger partial charge in [0, 0.05) is 17.2 Å². The summed E-state index contributed by atoms with van der Waals surface area (Å²) in [5.41, 5.74) is 0.809. The van der Waals surface area contributed by atoms with Gasteiger partial charge in [0.15, 0.2) is 5.78 Å². The van der Waals surface area contributed by atoms with E-state index in [1.807, 2.05) is 61.5 Å². The van der Waals surface area contributed by atoms with Gasteiger partial charge in [0.25, 0.3) is 0 Å². The lowest BCUT2D eigenvalue weighted by Crippen LogP contribution is -2.52. The third-order valence-corrected chi connectivity index (χ3v) is 8.53. The molecule has 1 saturated heterocycles. The summed E-state index contributed by atoms with van der Waals surface area (Å²) in [6.45, 7) is 3.73. The standard InChI is InChI=1S/C23H25NO4S/c1-15-9-11-17(12-10-15)29(27)23-18(13-14-19(23)25)22(2,21(26)28-3)24-20(23)16-7-5-4-6-8-16/h4-12,18,20,24H,13-14H2,1-3H3/t18-,20-,22-,23-,29?/m1/s1. The number of fused-ring (bicyclic) bond motifs is 1. The number of nitrogens with one attached hydrogen (secondary N) is 1. The molecular weight excluding hydrogens is 386 g/mol. The van der Waals surface area contributed by atoms with Crippen LogP contribution in [0.3, 0.4) is 0 Å². The van der Waals surface area contributed by atoms with E-state index in [4.69, 9.17) is 4.74 Å². The van der Waals surface area contributed by atoms with Gasteiger partial charge >= 0.3 is 5.97 Å². The monoisotopic (exact) mass is 411 g/mol. The predicted molar refractivity (Wildman–Crippen MR) is 111 cm³/mol. The molecule has 5 nitrogen and oxygen atoms in total. The van der Waals surface area contributed by atoms with Crippen LogP contribution in [0.25, 0.3) is 0 Å². The molecule has 2 aromatic carbocycles. The highest BCUT2D eigenvalue weighted by atomic mass is 32.2. The number of hydrogen-bond donors (Lipinski definition) is 1. The zero-order valence-electron chi connectivity index (χ0n) is 16.8. The summed E-state index contributed by atoms with van der Waals surface area (Å²) in [6, 6.07) is 16.4. The number of ether oxygens (including phenoxy) is 1. The fourth-order valence-electron chi connectivity index (χ4n) is 5.05. The smallest absolute Gasteiger partial charge is 0.326 e. The molecule has 1 aliphatic heterocycles. The lowest BCUT2D eigenvalue weighted by Gasteiger charge is -2.34. The number of carbonyl (C=O) groups is 2. The third kappa shape index (κ3) is 2.81. The Labute approximate surface area is 173 Å². The predicted octanol–water partition coefficient (Wildman–Crippen LogP) is 3.10. The van der Waals surface area contributed by atoms with Gasteiger partial charge in [-0.2, -0.15) is 0 Å². The van der Waals surface area contributed by atoms with Gasteiger partial charge in [-0.3, -0.25) is 19.1 Å². The van der Waals surface area contributed by atoms with Gasteiger partial charge in [-0.15, -0.1) is 0 Å². The Kier molecular flexibility index (Phi) is 4.95. The van der Waals surface area contributed by atoms with Crippen LogP contribution in [0, 0.1) is 12.8 Å². The first-order valence-corrected chi connectivity index (χ1v) is 10.9. The average molecular weight is 412 g/mol. The molecule has 0 amide bonds. The number of Topliss-reactive ketones (excluding diaryl/α,β-unsaturated/α-hetero) is 1. The molecule has 1 unspecified atom stereocenters. The number of aryl methyl sites for hydroxylation is 1. The van der Waals surface area contributed by atoms with E-state index in [9.17, 15) is 13.8 Å². The Hall–Kier alpha value is -2.31. The minimum Gasteiger partial charge on any atom is -0.468 e. The summed E-state index contributed by atoms with van der Waals surface area (Å²) >= 11 is 0. The Bertz CT molecular complexity index is 974. The van der Waals surface area contributed by atoms with Crippen LogP contribution >= 0.6 is 0 Å². The summed E-state index contributed by atoms with van der Waals surface area (Å²) in [4.78, 5) is 26.9. The van der Waals surface area contributed by atoms with Crippen molar-refractivity contribution in [3.05, 3.63) is 65.7 Å². The molecule has 4 rings (SSSR count). The van der Waals surface area contributed by atoms with E-state index in [0.29, 0.717) is 17.7 Å². The van der Waals surface area contributed by atoms with Crippen molar-refractivity contribution in [1.29, 1.82) is 0 Å². The van der Waals surface area contributed by atoms with Crippen molar-refractivity contribution in [3.8, 4) is 0 Å². The van der Waals surface area contributed by atoms with Crippen LogP contribution in [-0.2, 0) is 25.1 Å². The molecule has 0 aromatic heterocycles. The van der Waals surface area contributed by atoms with Crippen molar-refractivity contribution in [2.45, 2.75) is 47.9 Å². The number of rotatable bonds is 4. The molecule has 0 radical (unpaired) electrons. The molecule has 152 valence electrons. The van der Waals surface area contributed by atoms with Gasteiger partial charge in [-0.1, -0.05) is 48.0 Å². The zero-order valence-corrected chi connectivity index (χ0v) is 17.6. The summed E-state index contributed by atoms with van der Waals surface area (Å²) in [6.07, 6.45) is 0.804. The first-order chi connectivity index (χ1) is 13.9. The van der Waals surface area contributed by atoms with Gasteiger partial charge in [0.2, 0.25) is 0 Å². The van der Waals surface area contributed by atoms with Gasteiger partial charge in [0.05, 0.1) is 24.0 Å². The van der Waals surface area contributed by atoms with Crippen LogP contribution < -0.4 is 5.32 Å². The lowest BCUT2D eigenvalue weighted by atomic mass is 9.80. The zero-order chi connectivity index (χ0) is 20.8. The SMILES string of the molecule is COC(=O)[C@]1(C)N[C@H](c2ccccc2)[C@]2(S(=O)c3ccc(C)cc3)C(=O)CC[C@@H]21. The van der Waals surface area contributed by atoms with Crippen molar-refractivity contribution >= 4 is 22.6 Å². The average Bonchev–Trinajstić information content (AvgIpc) is 3.23. The van der Waals surface area contributed by atoms with Crippen LogP contribution in [0.15, 0.2) is 59.5 Å². The molecule has 5 atom stereocenters. The first-order valence-electron chi connectivity index (χ1n) is 9.78. The highest BCUT2D eigenvalue weighted by Crippen LogP contribution is 2.57. The molecule has 1 N–H and O–H groups in total. The number of hydrogen-bond acceptors (Lipinski definition) is 5. The van der Waals surface area contributed by atoms with Crippen LogP contribution in [-0.4, -0.2) is 33.4 Å². The Balaban J connectivity index is 1.94. The fourth-order valence-corrected chi connectivity index (χ4v) is 7.16. The van der Waals surface area contributed by atoms with E-state index in [1.165, 1.54) is 7.11 Å². The number of ketones is 1. The summed E-state index contributed by atoms with van der Waals surface area (Å²) in [7, 11) is -0.291. The van der Waals surface area contributed by atoms with E-state index in [-0.39, 0.29) is 5.78 Å². The normalized spacial score (nSPS) is 32.0. The minimum atomic E-state index is -1.64. The Morgan fingerprint density at radius 2 is 1.79 bits per heavy atom. The number of esters is 1. The van der Waals surface area contributed by atoms with Crippen molar-refractivity contribution in [3.63, 3.8) is 0 Å². The second-order valence-corrected chi connectivity index (χ2v) is 9.76. The molecule has 1 heterocycles. The van der Waals surface area contributed by atoms with Crippen LogP contribution in [0.1, 0.15) is 36.9 Å². The molecule has 1 saturated carbocycles. The van der Waals surface area contributed by atoms with Crippen molar-refractivity contribution in [2.24, 2.45) is 5.92 Å². The van der Waals surface area contributed by atoms with Crippen LogP contribution in [0.5, 0.6) is 0 Å². The molecule has 6 heteroatoms. The lowest BCUT2D eigenvalue weighted by molar-refractivity contribution is -0.149. The van der Waals surface area contributed by atoms with Crippen LogP contribution in [0.2, 0.25) is 0 Å². The molecule has 0 spiro atoms. The molecule has 0 bridgehead atoms. The van der Waals surface area contributed by atoms with E-state index in [0.717, 1.165) is 11.1 Å². The van der Waals surface area contributed by atoms with Crippen molar-refractivity contribution in [1.82, 2.24) is 5.32 Å².